The first-order valence-electron chi connectivity index (χ1n) is 13.7. The fourth-order valence-corrected chi connectivity index (χ4v) is 6.37. The van der Waals surface area contributed by atoms with E-state index in [4.69, 9.17) is 9.97 Å². The number of aromatic nitrogens is 4. The number of H-pyrrole nitrogens is 2. The lowest BCUT2D eigenvalue weighted by atomic mass is 9.89. The molecule has 0 fully saturated rings. The molecule has 2 N–H and O–H groups in total. The maximum absolute atomic E-state index is 5.21. The van der Waals surface area contributed by atoms with Gasteiger partial charge in [0, 0.05) is 45.3 Å². The first-order chi connectivity index (χ1) is 17.3. The van der Waals surface area contributed by atoms with Crippen LogP contribution in [0.1, 0.15) is 111 Å². The van der Waals surface area contributed by atoms with Gasteiger partial charge in [0.05, 0.1) is 11.4 Å². The van der Waals surface area contributed by atoms with Crippen molar-refractivity contribution in [3.8, 4) is 0 Å². The summed E-state index contributed by atoms with van der Waals surface area (Å²) in [6.45, 7) is 18.0. The third kappa shape index (κ3) is 3.82. The lowest BCUT2D eigenvalue weighted by Gasteiger charge is -2.13. The molecule has 8 bridgehead atoms. The maximum atomic E-state index is 5.21. The van der Waals surface area contributed by atoms with Crippen LogP contribution in [0.3, 0.4) is 0 Å². The van der Waals surface area contributed by atoms with Gasteiger partial charge in [-0.1, -0.05) is 34.6 Å². The summed E-state index contributed by atoms with van der Waals surface area (Å²) in [7, 11) is 0. The summed E-state index contributed by atoms with van der Waals surface area (Å²) in [5.41, 5.74) is 17.2. The van der Waals surface area contributed by atoms with E-state index in [1.54, 1.807) is 0 Å². The van der Waals surface area contributed by atoms with Crippen molar-refractivity contribution in [2.45, 2.75) is 92.9 Å². The Hall–Kier alpha value is -3.14. The van der Waals surface area contributed by atoms with Gasteiger partial charge in [0.25, 0.3) is 0 Å². The molecule has 188 valence electrons. The minimum atomic E-state index is 0.379. The van der Waals surface area contributed by atoms with E-state index >= 15 is 0 Å². The van der Waals surface area contributed by atoms with Crippen LogP contribution in [0, 0.1) is 13.8 Å². The predicted octanol–water partition coefficient (Wildman–Crippen LogP) is 8.69. The summed E-state index contributed by atoms with van der Waals surface area (Å²) in [4.78, 5) is 17.9. The van der Waals surface area contributed by atoms with Crippen LogP contribution in [-0.4, -0.2) is 19.9 Å². The van der Waals surface area contributed by atoms with E-state index < -0.39 is 0 Å². The van der Waals surface area contributed by atoms with E-state index in [2.05, 4.69) is 89.6 Å². The molecule has 4 nitrogen and oxygen atoms in total. The Kier molecular flexibility index (Phi) is 6.40. The normalized spacial score (nSPS) is 17.8. The molecule has 0 saturated heterocycles. The van der Waals surface area contributed by atoms with Gasteiger partial charge in [-0.25, -0.2) is 4.98 Å². The smallest absolute Gasteiger partial charge is 0.0693 e. The maximum Gasteiger partial charge on any atom is 0.0693 e. The van der Waals surface area contributed by atoms with Crippen molar-refractivity contribution in [2.24, 2.45) is 0 Å². The third-order valence-electron chi connectivity index (χ3n) is 8.64. The van der Waals surface area contributed by atoms with Crippen molar-refractivity contribution in [2.75, 3.05) is 0 Å². The molecule has 36 heavy (non-hydrogen) atoms. The molecule has 5 heterocycles. The van der Waals surface area contributed by atoms with Crippen LogP contribution in [0.15, 0.2) is 24.3 Å². The number of fused-ring (bicyclic) bond motifs is 8. The predicted molar refractivity (Wildman–Crippen MR) is 153 cm³/mol. The zero-order valence-corrected chi connectivity index (χ0v) is 23.2. The Morgan fingerprint density at radius 3 is 1.86 bits per heavy atom. The standard InChI is InChI=1S/C32H40N4/c1-9-21-17(5)25-14-30-23(11-3)19(7)27(35-30)16-32-24(12-4)20(8)28(36-32)15-31-22(10-2)18(6)26(34-31)13-29(21)33-25/h13-17,21,35-36H,9-12H2,1-8H3. The van der Waals surface area contributed by atoms with Crippen LogP contribution >= 0.6 is 0 Å². The van der Waals surface area contributed by atoms with E-state index in [-0.39, 0.29) is 0 Å². The van der Waals surface area contributed by atoms with Crippen molar-refractivity contribution in [3.05, 3.63) is 69.3 Å². The van der Waals surface area contributed by atoms with Gasteiger partial charge in [-0.3, -0.25) is 4.98 Å². The highest BCUT2D eigenvalue weighted by atomic mass is 14.8. The van der Waals surface area contributed by atoms with E-state index in [9.17, 15) is 0 Å². The Labute approximate surface area is 215 Å². The summed E-state index contributed by atoms with van der Waals surface area (Å²) in [6.07, 6.45) is 4.01. The van der Waals surface area contributed by atoms with E-state index in [1.807, 2.05) is 0 Å². The molecule has 0 saturated carbocycles. The first kappa shape index (κ1) is 24.5. The van der Waals surface area contributed by atoms with Crippen LogP contribution < -0.4 is 0 Å². The van der Waals surface area contributed by atoms with E-state index in [0.717, 1.165) is 48.3 Å². The van der Waals surface area contributed by atoms with Crippen LogP contribution in [0.25, 0.3) is 33.2 Å². The summed E-state index contributed by atoms with van der Waals surface area (Å²) in [5, 5.41) is 0. The monoisotopic (exact) mass is 480 g/mol. The summed E-state index contributed by atoms with van der Waals surface area (Å²) in [5.74, 6) is 0.789. The zero-order chi connectivity index (χ0) is 25.7. The molecule has 4 heteroatoms. The number of nitrogens with zero attached hydrogens (tertiary/aromatic N) is 2. The highest BCUT2D eigenvalue weighted by Crippen LogP contribution is 2.40. The summed E-state index contributed by atoms with van der Waals surface area (Å²) >= 11 is 0. The van der Waals surface area contributed by atoms with Gasteiger partial charge < -0.3 is 9.97 Å². The Morgan fingerprint density at radius 2 is 1.28 bits per heavy atom. The minimum absolute atomic E-state index is 0.379. The van der Waals surface area contributed by atoms with Gasteiger partial charge in [0.15, 0.2) is 0 Å². The molecule has 0 radical (unpaired) electrons. The van der Waals surface area contributed by atoms with Crippen molar-refractivity contribution >= 4 is 33.2 Å². The average molecular weight is 481 g/mol. The molecule has 2 aliphatic rings. The lowest BCUT2D eigenvalue weighted by Crippen LogP contribution is -2.00. The largest absolute Gasteiger partial charge is 0.355 e. The van der Waals surface area contributed by atoms with E-state index in [1.165, 1.54) is 55.6 Å². The van der Waals surface area contributed by atoms with Gasteiger partial charge >= 0.3 is 0 Å². The van der Waals surface area contributed by atoms with Crippen LogP contribution in [0.2, 0.25) is 0 Å². The number of hydrogen-bond acceptors (Lipinski definition) is 2. The van der Waals surface area contributed by atoms with Gasteiger partial charge in [-0.15, -0.1) is 0 Å². The van der Waals surface area contributed by atoms with Crippen molar-refractivity contribution in [3.63, 3.8) is 0 Å². The molecule has 3 aromatic heterocycles. The molecule has 5 rings (SSSR count). The Balaban J connectivity index is 1.97. The molecular formula is C32H40N4. The van der Waals surface area contributed by atoms with Crippen LogP contribution in [0.4, 0.5) is 0 Å². The van der Waals surface area contributed by atoms with Gasteiger partial charge in [0.2, 0.25) is 0 Å². The molecule has 0 aliphatic carbocycles. The van der Waals surface area contributed by atoms with Gasteiger partial charge in [0.1, 0.15) is 0 Å². The number of hydrogen-bond donors (Lipinski definition) is 2. The number of aryl methyl sites for hydroxylation is 4. The highest BCUT2D eigenvalue weighted by molar-refractivity contribution is 5.92. The first-order valence-corrected chi connectivity index (χ1v) is 13.7. The van der Waals surface area contributed by atoms with Gasteiger partial charge in [-0.05, 0) is 104 Å². The molecule has 2 aliphatic heterocycles. The lowest BCUT2D eigenvalue weighted by molar-refractivity contribution is 0.584. The SMILES string of the molecule is CCC1=C(C)c2cc3nc(cc4[nH]c(cc5[nH]c(cc1n2)c(C)c5CC)c(C)c4CC)C(C)C3CC. The molecule has 0 aromatic carbocycles. The molecule has 2 unspecified atom stereocenters. The number of nitrogens with one attached hydrogen (secondary N) is 2. The number of aromatic amines is 2. The van der Waals surface area contributed by atoms with Crippen LogP contribution in [-0.2, 0) is 12.8 Å². The highest BCUT2D eigenvalue weighted by Gasteiger charge is 2.28. The molecule has 0 spiro atoms. The quantitative estimate of drug-likeness (QED) is 0.392. The molecule has 3 aromatic rings. The zero-order valence-electron chi connectivity index (χ0n) is 23.2. The minimum Gasteiger partial charge on any atom is -0.355 e. The Morgan fingerprint density at radius 1 is 0.667 bits per heavy atom. The molecule has 0 amide bonds. The third-order valence-corrected chi connectivity index (χ3v) is 8.64. The van der Waals surface area contributed by atoms with Crippen molar-refractivity contribution in [1.29, 1.82) is 0 Å². The van der Waals surface area contributed by atoms with Crippen LogP contribution in [0.5, 0.6) is 0 Å². The second-order valence-electron chi connectivity index (χ2n) is 10.5. The van der Waals surface area contributed by atoms with Gasteiger partial charge in [-0.2, -0.15) is 0 Å². The Bertz CT molecular complexity index is 1530. The fourth-order valence-electron chi connectivity index (χ4n) is 6.37. The summed E-state index contributed by atoms with van der Waals surface area (Å²) in [6, 6.07) is 9.12. The average Bonchev–Trinajstić information content (AvgIpc) is 3.51. The fraction of sp³-hybridized carbons (Fsp3) is 0.438. The molecular weight excluding hydrogens is 440 g/mol. The van der Waals surface area contributed by atoms with E-state index in [0.29, 0.717) is 11.8 Å². The molecule has 2 atom stereocenters. The van der Waals surface area contributed by atoms with Crippen molar-refractivity contribution in [1.82, 2.24) is 19.9 Å². The second kappa shape index (κ2) is 9.38. The van der Waals surface area contributed by atoms with Crippen molar-refractivity contribution < 1.29 is 0 Å². The summed E-state index contributed by atoms with van der Waals surface area (Å²) < 4.78 is 0. The number of rotatable bonds is 4. The second-order valence-corrected chi connectivity index (χ2v) is 10.5. The number of allylic oxidation sites excluding steroid dienone is 2. The topological polar surface area (TPSA) is 57.4 Å².